The molecular formula is C24H19BrFN3O2. The zero-order chi connectivity index (χ0) is 21.8. The number of aryl methyl sites for hydroxylation is 1. The molecule has 7 heteroatoms. The maximum absolute atomic E-state index is 13.0. The van der Waals surface area contributed by atoms with Crippen LogP contribution in [0.5, 0.6) is 5.75 Å². The van der Waals surface area contributed by atoms with Gasteiger partial charge in [0, 0.05) is 10.9 Å². The average Bonchev–Trinajstić information content (AvgIpc) is 2.78. The van der Waals surface area contributed by atoms with Crippen LogP contribution >= 0.6 is 15.9 Å². The number of hydrogen-bond acceptors (Lipinski definition) is 4. The van der Waals surface area contributed by atoms with E-state index in [9.17, 15) is 9.18 Å². The molecular weight excluding hydrogens is 461 g/mol. The molecule has 5 nitrogen and oxygen atoms in total. The van der Waals surface area contributed by atoms with Crippen LogP contribution in [-0.2, 0) is 13.0 Å². The number of benzene rings is 3. The Balaban J connectivity index is 1.59. The fraction of sp³-hybridized carbons (Fsp3) is 0.125. The highest BCUT2D eigenvalue weighted by Gasteiger charge is 2.09. The van der Waals surface area contributed by atoms with Crippen molar-refractivity contribution in [3.63, 3.8) is 0 Å². The first-order chi connectivity index (χ1) is 15.0. The third-order valence-electron chi connectivity index (χ3n) is 4.69. The van der Waals surface area contributed by atoms with Crippen molar-refractivity contribution >= 4 is 33.0 Å². The second kappa shape index (κ2) is 9.22. The van der Waals surface area contributed by atoms with E-state index in [1.807, 2.05) is 43.3 Å². The van der Waals surface area contributed by atoms with Gasteiger partial charge in [0.1, 0.15) is 24.0 Å². The lowest BCUT2D eigenvalue weighted by Crippen LogP contribution is -2.22. The van der Waals surface area contributed by atoms with E-state index < -0.39 is 0 Å². The van der Waals surface area contributed by atoms with Crippen LogP contribution in [0.1, 0.15) is 23.9 Å². The van der Waals surface area contributed by atoms with Gasteiger partial charge < -0.3 is 4.74 Å². The SMILES string of the molecule is CCc1nc2ccc(Br)cc2c(=O)n1N=Cc1cccc(OCc2ccc(F)cc2)c1. The Morgan fingerprint density at radius 3 is 2.71 bits per heavy atom. The maximum Gasteiger partial charge on any atom is 0.282 e. The van der Waals surface area contributed by atoms with E-state index in [1.165, 1.54) is 16.8 Å². The summed E-state index contributed by atoms with van der Waals surface area (Å²) < 4.78 is 21.0. The summed E-state index contributed by atoms with van der Waals surface area (Å²) in [6.07, 6.45) is 2.18. The monoisotopic (exact) mass is 479 g/mol. The van der Waals surface area contributed by atoms with Gasteiger partial charge in [-0.2, -0.15) is 9.78 Å². The molecule has 0 radical (unpaired) electrons. The van der Waals surface area contributed by atoms with Crippen molar-refractivity contribution in [1.29, 1.82) is 0 Å². The second-order valence-corrected chi connectivity index (χ2v) is 7.81. The van der Waals surface area contributed by atoms with Gasteiger partial charge in [-0.05, 0) is 53.6 Å². The number of ether oxygens (including phenoxy) is 1. The lowest BCUT2D eigenvalue weighted by molar-refractivity contribution is 0.306. The van der Waals surface area contributed by atoms with Crippen molar-refractivity contribution in [3.05, 3.63) is 104 Å². The lowest BCUT2D eigenvalue weighted by atomic mass is 10.2. The third-order valence-corrected chi connectivity index (χ3v) is 5.18. The predicted molar refractivity (Wildman–Crippen MR) is 123 cm³/mol. The molecule has 4 rings (SSSR count). The van der Waals surface area contributed by atoms with Gasteiger partial charge in [-0.1, -0.05) is 47.1 Å². The van der Waals surface area contributed by atoms with E-state index in [2.05, 4.69) is 26.0 Å². The van der Waals surface area contributed by atoms with Gasteiger partial charge in [0.15, 0.2) is 0 Å². The van der Waals surface area contributed by atoms with Gasteiger partial charge in [-0.3, -0.25) is 4.79 Å². The van der Waals surface area contributed by atoms with Gasteiger partial charge >= 0.3 is 0 Å². The molecule has 1 aromatic heterocycles. The molecule has 0 amide bonds. The molecule has 0 bridgehead atoms. The number of nitrogens with zero attached hydrogens (tertiary/aromatic N) is 3. The largest absolute Gasteiger partial charge is 0.489 e. The van der Waals surface area contributed by atoms with Crippen molar-refractivity contribution < 1.29 is 9.13 Å². The molecule has 0 aliphatic heterocycles. The Labute approximate surface area is 187 Å². The fourth-order valence-corrected chi connectivity index (χ4v) is 3.46. The Bertz CT molecular complexity index is 1320. The smallest absolute Gasteiger partial charge is 0.282 e. The van der Waals surface area contributed by atoms with Crippen LogP contribution in [0.3, 0.4) is 0 Å². The van der Waals surface area contributed by atoms with Crippen molar-refractivity contribution in [3.8, 4) is 5.75 Å². The average molecular weight is 480 g/mol. The first kappa shape index (κ1) is 20.9. The molecule has 0 saturated carbocycles. The standard InChI is InChI=1S/C24H19BrFN3O2/c1-2-23-28-22-11-8-18(25)13-21(22)24(30)29(23)27-14-17-4-3-5-20(12-17)31-15-16-6-9-19(26)10-7-16/h3-14H,2,15H2,1H3. The predicted octanol–water partition coefficient (Wildman–Crippen LogP) is 5.32. The molecule has 0 atom stereocenters. The summed E-state index contributed by atoms with van der Waals surface area (Å²) in [6, 6.07) is 19.0. The molecule has 1 heterocycles. The van der Waals surface area contributed by atoms with Crippen LogP contribution in [0.4, 0.5) is 4.39 Å². The second-order valence-electron chi connectivity index (χ2n) is 6.89. The summed E-state index contributed by atoms with van der Waals surface area (Å²) in [5.74, 6) is 0.955. The topological polar surface area (TPSA) is 56.5 Å². The van der Waals surface area contributed by atoms with Crippen molar-refractivity contribution in [2.24, 2.45) is 5.10 Å². The maximum atomic E-state index is 13.0. The van der Waals surface area contributed by atoms with Crippen LogP contribution in [0.2, 0.25) is 0 Å². The number of halogens is 2. The summed E-state index contributed by atoms with van der Waals surface area (Å²) >= 11 is 3.40. The summed E-state index contributed by atoms with van der Waals surface area (Å²) in [5, 5.41) is 4.90. The van der Waals surface area contributed by atoms with Crippen LogP contribution in [0.15, 0.2) is 81.1 Å². The van der Waals surface area contributed by atoms with E-state index in [0.29, 0.717) is 35.5 Å². The lowest BCUT2D eigenvalue weighted by Gasteiger charge is -2.08. The quantitative estimate of drug-likeness (QED) is 0.351. The Morgan fingerprint density at radius 2 is 1.94 bits per heavy atom. The highest BCUT2D eigenvalue weighted by molar-refractivity contribution is 9.10. The van der Waals surface area contributed by atoms with Crippen LogP contribution < -0.4 is 10.3 Å². The Morgan fingerprint density at radius 1 is 1.13 bits per heavy atom. The highest BCUT2D eigenvalue weighted by atomic mass is 79.9. The van der Waals surface area contributed by atoms with E-state index in [-0.39, 0.29) is 11.4 Å². The molecule has 31 heavy (non-hydrogen) atoms. The fourth-order valence-electron chi connectivity index (χ4n) is 3.10. The summed E-state index contributed by atoms with van der Waals surface area (Å²) in [7, 11) is 0. The summed E-state index contributed by atoms with van der Waals surface area (Å²) in [4.78, 5) is 17.5. The molecule has 156 valence electrons. The van der Waals surface area contributed by atoms with E-state index in [4.69, 9.17) is 4.74 Å². The number of fused-ring (bicyclic) bond motifs is 1. The van der Waals surface area contributed by atoms with Gasteiger partial charge in [-0.15, -0.1) is 0 Å². The minimum atomic E-state index is -0.279. The summed E-state index contributed by atoms with van der Waals surface area (Å²) in [5.41, 5.74) is 2.07. The minimum absolute atomic E-state index is 0.219. The normalized spacial score (nSPS) is 11.3. The first-order valence-electron chi connectivity index (χ1n) is 9.76. The van der Waals surface area contributed by atoms with E-state index >= 15 is 0 Å². The molecule has 0 aliphatic carbocycles. The molecule has 0 saturated heterocycles. The number of rotatable bonds is 6. The number of aromatic nitrogens is 2. The molecule has 0 unspecified atom stereocenters. The summed E-state index contributed by atoms with van der Waals surface area (Å²) in [6.45, 7) is 2.26. The van der Waals surface area contributed by atoms with Crippen molar-refractivity contribution in [2.45, 2.75) is 20.0 Å². The Hall–Kier alpha value is -3.32. The molecule has 4 aromatic rings. The van der Waals surface area contributed by atoms with Gasteiger partial charge in [0.25, 0.3) is 5.56 Å². The van der Waals surface area contributed by atoms with Crippen LogP contribution in [0, 0.1) is 5.82 Å². The molecule has 0 N–H and O–H groups in total. The van der Waals surface area contributed by atoms with Crippen molar-refractivity contribution in [2.75, 3.05) is 0 Å². The van der Waals surface area contributed by atoms with Crippen LogP contribution in [-0.4, -0.2) is 15.9 Å². The zero-order valence-corrected chi connectivity index (χ0v) is 18.3. The van der Waals surface area contributed by atoms with Crippen LogP contribution in [0.25, 0.3) is 10.9 Å². The van der Waals surface area contributed by atoms with Gasteiger partial charge in [0.2, 0.25) is 0 Å². The number of hydrogen-bond donors (Lipinski definition) is 0. The van der Waals surface area contributed by atoms with Gasteiger partial charge in [0.05, 0.1) is 17.1 Å². The van der Waals surface area contributed by atoms with Gasteiger partial charge in [-0.25, -0.2) is 9.37 Å². The Kier molecular flexibility index (Phi) is 6.23. The molecule has 0 fully saturated rings. The molecule has 0 spiro atoms. The van der Waals surface area contributed by atoms with E-state index in [0.717, 1.165) is 15.6 Å². The van der Waals surface area contributed by atoms with E-state index in [1.54, 1.807) is 24.4 Å². The third kappa shape index (κ3) is 4.88. The van der Waals surface area contributed by atoms with Crippen molar-refractivity contribution in [1.82, 2.24) is 9.66 Å². The molecule has 0 aliphatic rings. The highest BCUT2D eigenvalue weighted by Crippen LogP contribution is 2.17. The first-order valence-corrected chi connectivity index (χ1v) is 10.6. The zero-order valence-electron chi connectivity index (χ0n) is 16.8. The molecule has 3 aromatic carbocycles. The minimum Gasteiger partial charge on any atom is -0.489 e.